The van der Waals surface area contributed by atoms with Crippen molar-refractivity contribution in [3.63, 3.8) is 0 Å². The fourth-order valence-electron chi connectivity index (χ4n) is 2.54. The van der Waals surface area contributed by atoms with Crippen molar-refractivity contribution < 1.29 is 14.6 Å². The van der Waals surface area contributed by atoms with Gasteiger partial charge in [-0.3, -0.25) is 4.79 Å². The molecule has 134 valence electrons. The smallest absolute Gasteiger partial charge is 0.225 e. The highest BCUT2D eigenvalue weighted by molar-refractivity contribution is 5.91. The predicted molar refractivity (Wildman–Crippen MR) is 99.8 cm³/mol. The first kappa shape index (κ1) is 19.0. The average Bonchev–Trinajstić information content (AvgIpc) is 2.60. The zero-order valence-electron chi connectivity index (χ0n) is 15.0. The van der Waals surface area contributed by atoms with E-state index >= 15 is 0 Å². The molecule has 25 heavy (non-hydrogen) atoms. The number of amides is 1. The maximum Gasteiger partial charge on any atom is 0.225 e. The molecule has 2 unspecified atom stereocenters. The molecular formula is C20H26N2O3. The predicted octanol–water partition coefficient (Wildman–Crippen LogP) is 3.04. The number of hydrogen-bond donors (Lipinski definition) is 3. The van der Waals surface area contributed by atoms with Crippen LogP contribution in [-0.2, 0) is 4.79 Å². The largest absolute Gasteiger partial charge is 0.497 e. The molecule has 5 heteroatoms. The Morgan fingerprint density at radius 1 is 1.20 bits per heavy atom. The third kappa shape index (κ3) is 6.21. The molecular weight excluding hydrogens is 316 g/mol. The summed E-state index contributed by atoms with van der Waals surface area (Å²) in [6.45, 7) is 4.33. The Morgan fingerprint density at radius 3 is 2.56 bits per heavy atom. The quantitative estimate of drug-likeness (QED) is 0.690. The molecule has 0 saturated heterocycles. The van der Waals surface area contributed by atoms with E-state index in [4.69, 9.17) is 4.74 Å². The van der Waals surface area contributed by atoms with Crippen molar-refractivity contribution in [1.82, 2.24) is 5.32 Å². The minimum Gasteiger partial charge on any atom is -0.497 e. The van der Waals surface area contributed by atoms with Crippen molar-refractivity contribution in [2.45, 2.75) is 32.4 Å². The molecule has 0 radical (unpaired) electrons. The Bertz CT molecular complexity index is 686. The van der Waals surface area contributed by atoms with E-state index in [2.05, 4.69) is 10.6 Å². The van der Waals surface area contributed by atoms with Crippen LogP contribution < -0.4 is 15.4 Å². The van der Waals surface area contributed by atoms with Gasteiger partial charge in [0.2, 0.25) is 5.91 Å². The highest BCUT2D eigenvalue weighted by atomic mass is 16.5. The Labute approximate surface area is 149 Å². The molecule has 0 bridgehead atoms. The van der Waals surface area contributed by atoms with Crippen LogP contribution >= 0.6 is 0 Å². The van der Waals surface area contributed by atoms with Crippen molar-refractivity contribution in [2.75, 3.05) is 19.0 Å². The first-order valence-electron chi connectivity index (χ1n) is 8.40. The number of methoxy groups -OCH3 is 1. The number of hydrogen-bond acceptors (Lipinski definition) is 4. The Kier molecular flexibility index (Phi) is 6.98. The van der Waals surface area contributed by atoms with Crippen molar-refractivity contribution in [2.24, 2.45) is 0 Å². The van der Waals surface area contributed by atoms with E-state index in [1.165, 1.54) is 0 Å². The van der Waals surface area contributed by atoms with E-state index in [9.17, 15) is 9.90 Å². The Morgan fingerprint density at radius 2 is 1.92 bits per heavy atom. The van der Waals surface area contributed by atoms with Gasteiger partial charge in [-0.05, 0) is 43.7 Å². The van der Waals surface area contributed by atoms with E-state index in [-0.39, 0.29) is 11.9 Å². The summed E-state index contributed by atoms with van der Waals surface area (Å²) in [5.74, 6) is 0.674. The average molecular weight is 342 g/mol. The fraction of sp³-hybridized carbons (Fsp3) is 0.350. The second-order valence-electron chi connectivity index (χ2n) is 6.22. The zero-order valence-corrected chi connectivity index (χ0v) is 15.0. The van der Waals surface area contributed by atoms with Crippen molar-refractivity contribution in [3.05, 3.63) is 59.7 Å². The van der Waals surface area contributed by atoms with Crippen LogP contribution in [-0.4, -0.2) is 30.7 Å². The number of rotatable bonds is 8. The number of carbonyl (C=O) groups excluding carboxylic acids is 1. The molecule has 2 rings (SSSR count). The summed E-state index contributed by atoms with van der Waals surface area (Å²) in [6, 6.07) is 15.0. The molecule has 0 spiro atoms. The van der Waals surface area contributed by atoms with Gasteiger partial charge in [0, 0.05) is 24.7 Å². The lowest BCUT2D eigenvalue weighted by molar-refractivity contribution is -0.116. The molecule has 2 aromatic rings. The van der Waals surface area contributed by atoms with Crippen LogP contribution in [0.1, 0.15) is 30.6 Å². The van der Waals surface area contributed by atoms with Gasteiger partial charge in [0.25, 0.3) is 0 Å². The monoisotopic (exact) mass is 342 g/mol. The number of aryl methyl sites for hydroxylation is 1. The van der Waals surface area contributed by atoms with Crippen LogP contribution in [0.25, 0.3) is 0 Å². The molecule has 0 heterocycles. The number of aliphatic hydroxyl groups is 1. The summed E-state index contributed by atoms with van der Waals surface area (Å²) in [4.78, 5) is 12.1. The van der Waals surface area contributed by atoms with Crippen LogP contribution in [0.2, 0.25) is 0 Å². The topological polar surface area (TPSA) is 70.6 Å². The van der Waals surface area contributed by atoms with E-state index in [1.807, 2.05) is 38.1 Å². The van der Waals surface area contributed by atoms with E-state index in [1.54, 1.807) is 31.4 Å². The zero-order chi connectivity index (χ0) is 18.2. The SMILES string of the molecule is COc1ccc(NC(=O)CC(C)NCC(O)c2cccc(C)c2)cc1. The number of ether oxygens (including phenoxy) is 1. The number of benzene rings is 2. The van der Waals surface area contributed by atoms with Crippen LogP contribution in [0.15, 0.2) is 48.5 Å². The highest BCUT2D eigenvalue weighted by Crippen LogP contribution is 2.16. The molecule has 0 fully saturated rings. The third-order valence-electron chi connectivity index (χ3n) is 3.95. The Hall–Kier alpha value is -2.37. The standard InChI is InChI=1S/C20H26N2O3/c1-14-5-4-6-16(11-14)19(23)13-21-15(2)12-20(24)22-17-7-9-18(25-3)10-8-17/h4-11,15,19,21,23H,12-13H2,1-3H3,(H,22,24). The summed E-state index contributed by atoms with van der Waals surface area (Å²) in [6.07, 6.45) is -0.265. The minimum absolute atomic E-state index is 0.0438. The molecule has 2 aromatic carbocycles. The second-order valence-corrected chi connectivity index (χ2v) is 6.22. The maximum atomic E-state index is 12.1. The van der Waals surface area contributed by atoms with Gasteiger partial charge in [-0.25, -0.2) is 0 Å². The third-order valence-corrected chi connectivity index (χ3v) is 3.95. The maximum absolute atomic E-state index is 12.1. The van der Waals surface area contributed by atoms with Gasteiger partial charge in [0.1, 0.15) is 5.75 Å². The van der Waals surface area contributed by atoms with Gasteiger partial charge in [-0.2, -0.15) is 0 Å². The first-order valence-corrected chi connectivity index (χ1v) is 8.40. The van der Waals surface area contributed by atoms with Gasteiger partial charge < -0.3 is 20.5 Å². The van der Waals surface area contributed by atoms with Crippen LogP contribution in [0.3, 0.4) is 0 Å². The lowest BCUT2D eigenvalue weighted by atomic mass is 10.1. The number of nitrogens with one attached hydrogen (secondary N) is 2. The fourth-order valence-corrected chi connectivity index (χ4v) is 2.54. The number of carbonyl (C=O) groups is 1. The summed E-state index contributed by atoms with van der Waals surface area (Å²) in [5.41, 5.74) is 2.73. The molecule has 2 atom stereocenters. The lowest BCUT2D eigenvalue weighted by Gasteiger charge is -2.17. The molecule has 0 saturated carbocycles. The van der Waals surface area contributed by atoms with Crippen molar-refractivity contribution in [3.8, 4) is 5.75 Å². The second kappa shape index (κ2) is 9.20. The molecule has 3 N–H and O–H groups in total. The van der Waals surface area contributed by atoms with E-state index < -0.39 is 6.10 Å². The van der Waals surface area contributed by atoms with E-state index in [0.717, 1.165) is 22.6 Å². The van der Waals surface area contributed by atoms with Gasteiger partial charge in [0.15, 0.2) is 0 Å². The van der Waals surface area contributed by atoms with Crippen LogP contribution in [0.5, 0.6) is 5.75 Å². The molecule has 1 amide bonds. The summed E-state index contributed by atoms with van der Waals surface area (Å²) in [7, 11) is 1.60. The van der Waals surface area contributed by atoms with E-state index in [0.29, 0.717) is 13.0 Å². The van der Waals surface area contributed by atoms with Gasteiger partial charge in [-0.15, -0.1) is 0 Å². The Balaban J connectivity index is 1.76. The number of anilines is 1. The van der Waals surface area contributed by atoms with Gasteiger partial charge >= 0.3 is 0 Å². The first-order chi connectivity index (χ1) is 12.0. The van der Waals surface area contributed by atoms with Crippen molar-refractivity contribution in [1.29, 1.82) is 0 Å². The highest BCUT2D eigenvalue weighted by Gasteiger charge is 2.12. The lowest BCUT2D eigenvalue weighted by Crippen LogP contribution is -2.33. The molecule has 5 nitrogen and oxygen atoms in total. The minimum atomic E-state index is -0.591. The van der Waals surface area contributed by atoms with Crippen molar-refractivity contribution >= 4 is 11.6 Å². The van der Waals surface area contributed by atoms with Gasteiger partial charge in [0.05, 0.1) is 13.2 Å². The van der Waals surface area contributed by atoms with Gasteiger partial charge in [-0.1, -0.05) is 29.8 Å². The molecule has 0 aromatic heterocycles. The molecule has 0 aliphatic carbocycles. The van der Waals surface area contributed by atoms with Crippen LogP contribution in [0.4, 0.5) is 5.69 Å². The summed E-state index contributed by atoms with van der Waals surface area (Å²) < 4.78 is 5.09. The molecule has 0 aliphatic heterocycles. The number of aliphatic hydroxyl groups excluding tert-OH is 1. The summed E-state index contributed by atoms with van der Waals surface area (Å²) in [5, 5.41) is 16.3. The van der Waals surface area contributed by atoms with Crippen LogP contribution in [0, 0.1) is 6.92 Å². The normalized spacial score (nSPS) is 13.1. The summed E-state index contributed by atoms with van der Waals surface area (Å²) >= 11 is 0. The molecule has 0 aliphatic rings.